The molecule has 1 aliphatic heterocycles. The van der Waals surface area contributed by atoms with Crippen molar-refractivity contribution in [2.75, 3.05) is 13.2 Å². The summed E-state index contributed by atoms with van der Waals surface area (Å²) in [5.74, 6) is 1.16. The first kappa shape index (κ1) is 21.7. The van der Waals surface area contributed by atoms with E-state index in [-0.39, 0.29) is 34.2 Å². The highest BCUT2D eigenvalue weighted by Crippen LogP contribution is 2.65. The Kier molecular flexibility index (Phi) is 5.61. The number of hydrogen-bond acceptors (Lipinski definition) is 4. The molecule has 5 nitrogen and oxygen atoms in total. The molecule has 1 saturated heterocycles. The Hall–Kier alpha value is -1.14. The number of rotatable bonds is 7. The number of Topliss-reactive ketones (excluding diaryl/α,β-unsaturated/α-hetero) is 1. The average molecular weight is 492 g/mol. The highest BCUT2D eigenvalue weighted by Gasteiger charge is 2.57. The topological polar surface area (TPSA) is 57.5 Å². The normalized spacial score (nSPS) is 36.2. The van der Waals surface area contributed by atoms with Crippen molar-refractivity contribution in [1.29, 1.82) is 0 Å². The average Bonchev–Trinajstić information content (AvgIpc) is 3.27. The predicted molar refractivity (Wildman–Crippen MR) is 122 cm³/mol. The molecule has 1 aromatic rings. The van der Waals surface area contributed by atoms with Gasteiger partial charge in [-0.1, -0.05) is 15.9 Å². The molecule has 1 aromatic heterocycles. The maximum atomic E-state index is 12.9. The van der Waals surface area contributed by atoms with E-state index >= 15 is 0 Å². The fourth-order valence-corrected chi connectivity index (χ4v) is 8.99. The number of esters is 1. The van der Waals surface area contributed by atoms with Crippen LogP contribution in [-0.2, 0) is 20.8 Å². The van der Waals surface area contributed by atoms with Gasteiger partial charge in [0.25, 0.3) is 0 Å². The summed E-state index contributed by atoms with van der Waals surface area (Å²) in [7, 11) is 0. The fourth-order valence-electron chi connectivity index (χ4n) is 7.48. The number of aromatic nitrogens is 1. The summed E-state index contributed by atoms with van der Waals surface area (Å²) in [6.07, 6.45) is 10.0. The highest BCUT2D eigenvalue weighted by atomic mass is 79.9. The molecular weight excluding hydrogens is 458 g/mol. The fraction of sp³-hybridized carbons (Fsp3) is 0.760. The smallest absolute Gasteiger partial charge is 0.306 e. The van der Waals surface area contributed by atoms with Gasteiger partial charge in [-0.05, 0) is 88.5 Å². The summed E-state index contributed by atoms with van der Waals surface area (Å²) < 4.78 is 13.7. The van der Waals surface area contributed by atoms with E-state index in [4.69, 9.17) is 9.47 Å². The first-order chi connectivity index (χ1) is 14.7. The summed E-state index contributed by atoms with van der Waals surface area (Å²) in [4.78, 5) is 25.6. The van der Waals surface area contributed by atoms with Crippen LogP contribution in [0, 0.1) is 31.1 Å². The number of carbonyl (C=O) groups is 2. The van der Waals surface area contributed by atoms with Gasteiger partial charge in [-0.15, -0.1) is 0 Å². The molecule has 0 amide bonds. The molecule has 3 atom stereocenters. The van der Waals surface area contributed by atoms with Crippen molar-refractivity contribution in [3.05, 3.63) is 23.0 Å². The summed E-state index contributed by atoms with van der Waals surface area (Å²) in [5, 5.41) is 0. The number of alkyl halides is 1. The van der Waals surface area contributed by atoms with Crippen LogP contribution < -0.4 is 0 Å². The van der Waals surface area contributed by atoms with Crippen molar-refractivity contribution >= 4 is 27.7 Å². The number of ketones is 1. The van der Waals surface area contributed by atoms with E-state index < -0.39 is 0 Å². The lowest BCUT2D eigenvalue weighted by Gasteiger charge is -2.60. The summed E-state index contributed by atoms with van der Waals surface area (Å²) in [5.41, 5.74) is 2.73. The third kappa shape index (κ3) is 4.27. The molecule has 6 heteroatoms. The van der Waals surface area contributed by atoms with Gasteiger partial charge in [0.05, 0.1) is 12.5 Å². The van der Waals surface area contributed by atoms with Gasteiger partial charge in [-0.2, -0.15) is 0 Å². The van der Waals surface area contributed by atoms with Crippen LogP contribution in [0.15, 0.2) is 6.07 Å². The van der Waals surface area contributed by atoms with Crippen LogP contribution in [0.4, 0.5) is 0 Å². The molecule has 6 rings (SSSR count). The van der Waals surface area contributed by atoms with Gasteiger partial charge < -0.3 is 14.0 Å². The van der Waals surface area contributed by atoms with Crippen LogP contribution >= 0.6 is 15.9 Å². The maximum Gasteiger partial charge on any atom is 0.306 e. The van der Waals surface area contributed by atoms with E-state index in [2.05, 4.69) is 20.5 Å². The maximum absolute atomic E-state index is 12.9. The van der Waals surface area contributed by atoms with E-state index in [0.717, 1.165) is 68.5 Å². The Morgan fingerprint density at radius 3 is 2.61 bits per heavy atom. The van der Waals surface area contributed by atoms with E-state index in [0.29, 0.717) is 12.0 Å². The standard InChI is InChI=1S/C25H34BrNO4/c1-16-6-21(17(2)27(16)13-20-4-3-5-30-20)22(28)14-31-23(29)12-24-8-18-7-19(9-24)11-25(26,10-18)15-24/h6,18-20H,3-5,7-15H2,1-2H3. The lowest BCUT2D eigenvalue weighted by molar-refractivity contribution is -0.149. The molecule has 31 heavy (non-hydrogen) atoms. The molecule has 0 aromatic carbocycles. The largest absolute Gasteiger partial charge is 0.457 e. The van der Waals surface area contributed by atoms with Crippen molar-refractivity contribution in [3.63, 3.8) is 0 Å². The number of nitrogens with zero attached hydrogens (tertiary/aromatic N) is 1. The molecule has 170 valence electrons. The molecule has 2 heterocycles. The highest BCUT2D eigenvalue weighted by molar-refractivity contribution is 9.10. The number of aryl methyl sites for hydroxylation is 1. The zero-order valence-corrected chi connectivity index (χ0v) is 20.3. The van der Waals surface area contributed by atoms with Crippen LogP contribution in [0.5, 0.6) is 0 Å². The van der Waals surface area contributed by atoms with E-state index in [1.807, 2.05) is 19.9 Å². The Morgan fingerprint density at radius 2 is 1.97 bits per heavy atom. The van der Waals surface area contributed by atoms with Gasteiger partial charge in [0.2, 0.25) is 5.78 Å². The van der Waals surface area contributed by atoms with Gasteiger partial charge in [-0.3, -0.25) is 9.59 Å². The lowest BCUT2D eigenvalue weighted by Crippen LogP contribution is -2.53. The lowest BCUT2D eigenvalue weighted by atomic mass is 9.49. The second kappa shape index (κ2) is 8.02. The third-order valence-electron chi connectivity index (χ3n) is 8.28. The van der Waals surface area contributed by atoms with Gasteiger partial charge >= 0.3 is 5.97 Å². The SMILES string of the molecule is Cc1cc(C(=O)COC(=O)CC23CC4CC(CC(Br)(C4)C2)C3)c(C)n1CC1CCCO1. The summed E-state index contributed by atoms with van der Waals surface area (Å²) >= 11 is 4.01. The Bertz CT molecular complexity index is 870. The predicted octanol–water partition coefficient (Wildman–Crippen LogP) is 5.13. The van der Waals surface area contributed by atoms with Crippen LogP contribution in [0.3, 0.4) is 0 Å². The van der Waals surface area contributed by atoms with Crippen molar-refractivity contribution in [3.8, 4) is 0 Å². The van der Waals surface area contributed by atoms with E-state index in [1.54, 1.807) is 0 Å². The minimum absolute atomic E-state index is 0.0742. The van der Waals surface area contributed by atoms with Gasteiger partial charge in [0.15, 0.2) is 6.61 Å². The van der Waals surface area contributed by atoms with Crippen LogP contribution in [-0.4, -0.2) is 40.0 Å². The zero-order valence-electron chi connectivity index (χ0n) is 18.8. The Morgan fingerprint density at radius 1 is 1.23 bits per heavy atom. The van der Waals surface area contributed by atoms with Crippen LogP contribution in [0.2, 0.25) is 0 Å². The van der Waals surface area contributed by atoms with E-state index in [1.165, 1.54) is 19.3 Å². The number of carbonyl (C=O) groups excluding carboxylic acids is 2. The van der Waals surface area contributed by atoms with Crippen molar-refractivity contribution in [1.82, 2.24) is 4.57 Å². The minimum Gasteiger partial charge on any atom is -0.457 e. The number of hydrogen-bond donors (Lipinski definition) is 0. The van der Waals surface area contributed by atoms with Crippen molar-refractivity contribution in [2.24, 2.45) is 17.3 Å². The van der Waals surface area contributed by atoms with Gasteiger partial charge in [0.1, 0.15) is 0 Å². The van der Waals surface area contributed by atoms with Crippen LogP contribution in [0.25, 0.3) is 0 Å². The molecule has 4 aliphatic carbocycles. The number of halogens is 1. The monoisotopic (exact) mass is 491 g/mol. The molecule has 0 spiro atoms. The van der Waals surface area contributed by atoms with Crippen molar-refractivity contribution < 1.29 is 19.1 Å². The van der Waals surface area contributed by atoms with Crippen LogP contribution in [0.1, 0.15) is 79.5 Å². The molecule has 3 unspecified atom stereocenters. The molecule has 0 N–H and O–H groups in total. The van der Waals surface area contributed by atoms with E-state index in [9.17, 15) is 9.59 Å². The molecular formula is C25H34BrNO4. The first-order valence-corrected chi connectivity index (χ1v) is 12.7. The molecule has 5 aliphatic rings. The molecule has 5 fully saturated rings. The molecule has 0 radical (unpaired) electrons. The molecule has 4 bridgehead atoms. The molecule has 4 saturated carbocycles. The summed E-state index contributed by atoms with van der Waals surface area (Å²) in [6, 6.07) is 1.92. The third-order valence-corrected chi connectivity index (χ3v) is 9.21. The second-order valence-corrected chi connectivity index (χ2v) is 12.6. The Balaban J connectivity index is 1.19. The Labute approximate surface area is 193 Å². The quantitative estimate of drug-likeness (QED) is 0.301. The van der Waals surface area contributed by atoms with Gasteiger partial charge in [0, 0.05) is 34.4 Å². The minimum atomic E-state index is -0.209. The van der Waals surface area contributed by atoms with Crippen molar-refractivity contribution in [2.45, 2.75) is 88.6 Å². The van der Waals surface area contributed by atoms with Gasteiger partial charge in [-0.25, -0.2) is 0 Å². The summed E-state index contributed by atoms with van der Waals surface area (Å²) in [6.45, 7) is 5.44. The number of ether oxygens (including phenoxy) is 2. The second-order valence-electron chi connectivity index (χ2n) is 10.9. The zero-order chi connectivity index (χ0) is 21.8. The first-order valence-electron chi connectivity index (χ1n) is 11.9.